The van der Waals surface area contributed by atoms with Gasteiger partial charge < -0.3 is 20.2 Å². The number of hydrogen-bond donors (Lipinski definition) is 3. The third kappa shape index (κ3) is 2.42. The Morgan fingerprint density at radius 3 is 2.55 bits per heavy atom. The van der Waals surface area contributed by atoms with E-state index in [1.807, 2.05) is 0 Å². The number of nitrogens with one attached hydrogen (secondary N) is 3. The monoisotopic (exact) mass is 459 g/mol. The van der Waals surface area contributed by atoms with Crippen molar-refractivity contribution in [2.45, 2.75) is 5.54 Å². The van der Waals surface area contributed by atoms with Gasteiger partial charge in [0, 0.05) is 46.8 Å². The molecule has 3 N–H and O–H groups in total. The first-order valence-corrected chi connectivity index (χ1v) is 10.3. The van der Waals surface area contributed by atoms with Crippen LogP contribution in [0.3, 0.4) is 0 Å². The van der Waals surface area contributed by atoms with E-state index in [1.165, 1.54) is 24.3 Å². The Hall–Kier alpha value is -4.38. The Bertz CT molecular complexity index is 1600. The lowest BCUT2D eigenvalue weighted by molar-refractivity contribution is -0.384. The zero-order valence-corrected chi connectivity index (χ0v) is 17.5. The fraction of sp³-hybridized carbons (Fsp3) is 0.0909. The summed E-state index contributed by atoms with van der Waals surface area (Å²) in [6.07, 6.45) is 2.33. The fourth-order valence-electron chi connectivity index (χ4n) is 4.95. The van der Waals surface area contributed by atoms with Crippen molar-refractivity contribution in [1.29, 1.82) is 0 Å². The van der Waals surface area contributed by atoms with E-state index < -0.39 is 22.2 Å². The number of nitro benzene ring substituents is 1. The van der Waals surface area contributed by atoms with Gasteiger partial charge in [-0.05, 0) is 48.6 Å². The second-order valence-electron chi connectivity index (χ2n) is 7.96. The third-order valence-corrected chi connectivity index (χ3v) is 6.51. The van der Waals surface area contributed by atoms with E-state index in [1.54, 1.807) is 23.1 Å². The SMILES string of the molecule is O=C1C=CC(=O)C2=C1CN(c1ccc3[nH]c(=S)[nH]c3c1)C21C(=O)Nc2ccc([N+](=O)[O-])cc21. The zero-order valence-electron chi connectivity index (χ0n) is 16.7. The molecule has 2 aromatic carbocycles. The Balaban J connectivity index is 1.67. The van der Waals surface area contributed by atoms with Crippen LogP contribution >= 0.6 is 12.2 Å². The van der Waals surface area contributed by atoms with Crippen molar-refractivity contribution in [3.63, 3.8) is 0 Å². The van der Waals surface area contributed by atoms with Crippen LogP contribution in [0, 0.1) is 14.9 Å². The average Bonchev–Trinajstić information content (AvgIpc) is 3.42. The molecule has 1 aliphatic carbocycles. The first-order chi connectivity index (χ1) is 15.8. The van der Waals surface area contributed by atoms with Crippen molar-refractivity contribution >= 4 is 57.8 Å². The molecule has 10 nitrogen and oxygen atoms in total. The molecule has 0 bridgehead atoms. The number of fused-ring (bicyclic) bond motifs is 4. The Morgan fingerprint density at radius 1 is 1.00 bits per heavy atom. The maximum Gasteiger partial charge on any atom is 0.269 e. The molecule has 3 aliphatic rings. The van der Waals surface area contributed by atoms with E-state index in [-0.39, 0.29) is 34.7 Å². The van der Waals surface area contributed by atoms with Crippen LogP contribution < -0.4 is 10.2 Å². The summed E-state index contributed by atoms with van der Waals surface area (Å²) in [7, 11) is 0. The van der Waals surface area contributed by atoms with Gasteiger partial charge >= 0.3 is 0 Å². The number of carbonyl (C=O) groups excluding carboxylic acids is 3. The number of non-ortho nitro benzene ring substituents is 1. The molecule has 0 radical (unpaired) electrons. The molecule has 1 aromatic heterocycles. The maximum absolute atomic E-state index is 13.6. The number of ketones is 2. The number of aromatic nitrogens is 2. The average molecular weight is 459 g/mol. The van der Waals surface area contributed by atoms with Crippen LogP contribution in [-0.4, -0.2) is 38.9 Å². The number of anilines is 2. The van der Waals surface area contributed by atoms with Gasteiger partial charge in [-0.2, -0.15) is 0 Å². The van der Waals surface area contributed by atoms with Gasteiger partial charge in [-0.25, -0.2) is 0 Å². The highest BCUT2D eigenvalue weighted by Gasteiger charge is 2.61. The van der Waals surface area contributed by atoms with Crippen LogP contribution in [-0.2, 0) is 19.9 Å². The molecule has 33 heavy (non-hydrogen) atoms. The lowest BCUT2D eigenvalue weighted by Gasteiger charge is -2.37. The van der Waals surface area contributed by atoms with E-state index in [2.05, 4.69) is 15.3 Å². The molecule has 1 unspecified atom stereocenters. The minimum Gasteiger partial charge on any atom is -0.345 e. The van der Waals surface area contributed by atoms with Crippen molar-refractivity contribution in [2.75, 3.05) is 16.8 Å². The number of rotatable bonds is 2. The van der Waals surface area contributed by atoms with E-state index >= 15 is 0 Å². The van der Waals surface area contributed by atoms with Crippen LogP contribution in [0.25, 0.3) is 11.0 Å². The highest BCUT2D eigenvalue weighted by molar-refractivity contribution is 7.71. The van der Waals surface area contributed by atoms with E-state index in [0.717, 1.165) is 11.6 Å². The number of nitrogens with zero attached hydrogens (tertiary/aromatic N) is 2. The Kier molecular flexibility index (Phi) is 3.70. The summed E-state index contributed by atoms with van der Waals surface area (Å²) in [5.41, 5.74) is 0.821. The molecule has 11 heteroatoms. The number of benzene rings is 2. The summed E-state index contributed by atoms with van der Waals surface area (Å²) in [4.78, 5) is 58.1. The van der Waals surface area contributed by atoms with Crippen LogP contribution in [0.4, 0.5) is 17.1 Å². The summed E-state index contributed by atoms with van der Waals surface area (Å²) in [6.45, 7) is -0.0174. The van der Waals surface area contributed by atoms with E-state index in [0.29, 0.717) is 21.7 Å². The molecule has 1 spiro atoms. The molecule has 6 rings (SSSR count). The summed E-state index contributed by atoms with van der Waals surface area (Å²) in [5, 5.41) is 14.3. The number of allylic oxidation sites excluding steroid dienone is 2. The van der Waals surface area contributed by atoms with Crippen LogP contribution in [0.1, 0.15) is 5.56 Å². The zero-order chi connectivity index (χ0) is 23.1. The van der Waals surface area contributed by atoms with Crippen LogP contribution in [0.2, 0.25) is 0 Å². The molecular formula is C22H13N5O5S. The molecule has 1 amide bonds. The lowest BCUT2D eigenvalue weighted by Crippen LogP contribution is -2.50. The van der Waals surface area contributed by atoms with Crippen molar-refractivity contribution in [3.05, 3.63) is 80.1 Å². The van der Waals surface area contributed by atoms with Gasteiger partial charge in [0.05, 0.1) is 16.0 Å². The van der Waals surface area contributed by atoms with Gasteiger partial charge in [0.15, 0.2) is 21.9 Å². The highest BCUT2D eigenvalue weighted by atomic mass is 32.1. The third-order valence-electron chi connectivity index (χ3n) is 6.31. The predicted octanol–water partition coefficient (Wildman–Crippen LogP) is 2.81. The fourth-order valence-corrected chi connectivity index (χ4v) is 5.17. The summed E-state index contributed by atoms with van der Waals surface area (Å²) < 4.78 is 0.421. The molecule has 0 saturated heterocycles. The molecule has 162 valence electrons. The standard InChI is InChI=1S/C22H13N5O5S/c28-17-5-6-18(29)19-12(17)9-26(10-1-4-15-16(8-10)25-21(33)24-15)22(19)13-7-11(27(31)32)2-3-14(13)23-20(22)30/h1-8H,9H2,(H,23,30)(H2,24,25,33). The van der Waals surface area contributed by atoms with Gasteiger partial charge in [-0.15, -0.1) is 0 Å². The number of aromatic amines is 2. The van der Waals surface area contributed by atoms with Crippen molar-refractivity contribution < 1.29 is 19.3 Å². The summed E-state index contributed by atoms with van der Waals surface area (Å²) in [5.74, 6) is -1.41. The van der Waals surface area contributed by atoms with Crippen molar-refractivity contribution in [2.24, 2.45) is 0 Å². The van der Waals surface area contributed by atoms with Gasteiger partial charge in [-0.3, -0.25) is 24.5 Å². The van der Waals surface area contributed by atoms with Crippen LogP contribution in [0.5, 0.6) is 0 Å². The maximum atomic E-state index is 13.6. The molecule has 3 heterocycles. The smallest absolute Gasteiger partial charge is 0.269 e. The quantitative estimate of drug-likeness (QED) is 0.232. The number of hydrogen-bond acceptors (Lipinski definition) is 7. The normalized spacial score (nSPS) is 21.2. The molecular weight excluding hydrogens is 446 g/mol. The van der Waals surface area contributed by atoms with Gasteiger partial charge in [0.1, 0.15) is 0 Å². The number of amides is 1. The van der Waals surface area contributed by atoms with E-state index in [4.69, 9.17) is 12.2 Å². The van der Waals surface area contributed by atoms with Crippen molar-refractivity contribution in [3.8, 4) is 0 Å². The van der Waals surface area contributed by atoms with Gasteiger partial charge in [0.25, 0.3) is 11.6 Å². The Labute approximate surface area is 189 Å². The molecule has 3 aromatic rings. The Morgan fingerprint density at radius 2 is 1.76 bits per heavy atom. The van der Waals surface area contributed by atoms with Gasteiger partial charge in [0.2, 0.25) is 0 Å². The number of nitro groups is 1. The van der Waals surface area contributed by atoms with Crippen molar-refractivity contribution in [1.82, 2.24) is 9.97 Å². The second-order valence-corrected chi connectivity index (χ2v) is 8.37. The first-order valence-electron chi connectivity index (χ1n) is 9.91. The number of imidazole rings is 1. The van der Waals surface area contributed by atoms with Crippen LogP contribution in [0.15, 0.2) is 59.7 Å². The largest absolute Gasteiger partial charge is 0.345 e. The number of carbonyl (C=O) groups is 3. The summed E-state index contributed by atoms with van der Waals surface area (Å²) >= 11 is 5.16. The molecule has 1 atom stereocenters. The van der Waals surface area contributed by atoms with E-state index in [9.17, 15) is 24.5 Å². The minimum absolute atomic E-state index is 0.0174. The number of H-pyrrole nitrogens is 2. The molecule has 0 fully saturated rings. The lowest BCUT2D eigenvalue weighted by atomic mass is 9.78. The second kappa shape index (κ2) is 6.33. The topological polar surface area (TPSA) is 141 Å². The summed E-state index contributed by atoms with van der Waals surface area (Å²) in [6, 6.07) is 9.28. The first kappa shape index (κ1) is 19.3. The highest BCUT2D eigenvalue weighted by Crippen LogP contribution is 2.53. The molecule has 0 saturated carbocycles. The predicted molar refractivity (Wildman–Crippen MR) is 120 cm³/mol. The van der Waals surface area contributed by atoms with Gasteiger partial charge in [-0.1, -0.05) is 0 Å². The minimum atomic E-state index is -1.73. The molecule has 2 aliphatic heterocycles.